The van der Waals surface area contributed by atoms with Gasteiger partial charge in [-0.3, -0.25) is 9.59 Å². The lowest BCUT2D eigenvalue weighted by Gasteiger charge is -2.40. The van der Waals surface area contributed by atoms with Crippen LogP contribution in [0.25, 0.3) is 0 Å². The van der Waals surface area contributed by atoms with Gasteiger partial charge in [-0.05, 0) is 30.2 Å². The quantitative estimate of drug-likeness (QED) is 0.564. The molecule has 4 rings (SSSR count). The molecule has 1 fully saturated rings. The summed E-state index contributed by atoms with van der Waals surface area (Å²) in [6.07, 6.45) is -9.50. The fraction of sp³-hybridized carbons (Fsp3) is 0.400. The highest BCUT2D eigenvalue weighted by Gasteiger charge is 2.53. The number of ether oxygens (including phenoxy) is 1. The molecule has 13 heteroatoms. The minimum absolute atomic E-state index is 0.0212. The molecule has 2 amide bonds. The van der Waals surface area contributed by atoms with Crippen molar-refractivity contribution in [2.45, 2.75) is 31.2 Å². The van der Waals surface area contributed by atoms with Crippen molar-refractivity contribution in [1.82, 2.24) is 9.91 Å². The standard InChI is InChI=1S/C25H24F6N4O3/c1-34-22(37)23(12-15-5-3-2-4-6-15)14-35(8-7-20(23)33-34)21(36)19(32)13-38-18-10-16(24(26,27)28)9-17(11-18)25(29,30)31/h2-6,9-11,19H,7-8,12-14,32H2,1H3/t19?,23-/m1/s1. The summed E-state index contributed by atoms with van der Waals surface area (Å²) in [7, 11) is 1.52. The van der Waals surface area contributed by atoms with Crippen LogP contribution in [0.15, 0.2) is 53.6 Å². The molecule has 2 aromatic carbocycles. The third kappa shape index (κ3) is 5.47. The third-order valence-corrected chi connectivity index (χ3v) is 6.57. The molecular formula is C25H24F6N4O3. The van der Waals surface area contributed by atoms with Gasteiger partial charge in [0.2, 0.25) is 5.91 Å². The zero-order chi connectivity index (χ0) is 27.9. The zero-order valence-corrected chi connectivity index (χ0v) is 20.1. The second kappa shape index (κ2) is 9.93. The van der Waals surface area contributed by atoms with Crippen molar-refractivity contribution in [2.75, 3.05) is 26.7 Å². The number of fused-ring (bicyclic) bond motifs is 1. The Balaban J connectivity index is 1.50. The van der Waals surface area contributed by atoms with E-state index in [9.17, 15) is 35.9 Å². The number of hydrogen-bond acceptors (Lipinski definition) is 5. The maximum absolute atomic E-state index is 13.2. The summed E-state index contributed by atoms with van der Waals surface area (Å²) in [5.74, 6) is -1.67. The maximum atomic E-state index is 13.2. The lowest BCUT2D eigenvalue weighted by molar-refractivity contribution is -0.144. The molecule has 2 atom stereocenters. The number of hydrazone groups is 1. The number of carbonyl (C=O) groups is 2. The summed E-state index contributed by atoms with van der Waals surface area (Å²) < 4.78 is 83.8. The number of nitrogens with two attached hydrogens (primary N) is 1. The van der Waals surface area contributed by atoms with Gasteiger partial charge in [-0.25, -0.2) is 5.01 Å². The van der Waals surface area contributed by atoms with Crippen LogP contribution in [0, 0.1) is 5.41 Å². The molecule has 0 aromatic heterocycles. The SMILES string of the molecule is CN1N=C2CCN(C(=O)C(N)COc3cc(C(F)(F)F)cc(C(F)(F)F)c3)C[C@@]2(Cc2ccccc2)C1=O. The fourth-order valence-electron chi connectivity index (χ4n) is 4.72. The number of amides is 2. The van der Waals surface area contributed by atoms with E-state index in [0.29, 0.717) is 24.3 Å². The van der Waals surface area contributed by atoms with Crippen molar-refractivity contribution < 1.29 is 40.7 Å². The Kier molecular flexibility index (Phi) is 7.17. The molecule has 0 saturated carbocycles. The number of halogens is 6. The van der Waals surface area contributed by atoms with E-state index >= 15 is 0 Å². The molecular weight excluding hydrogens is 518 g/mol. The van der Waals surface area contributed by atoms with Gasteiger partial charge in [0.05, 0.1) is 16.8 Å². The minimum atomic E-state index is -5.04. The molecule has 0 bridgehead atoms. The molecule has 2 heterocycles. The first-order valence-electron chi connectivity index (χ1n) is 11.6. The Bertz CT molecular complexity index is 1220. The van der Waals surface area contributed by atoms with Gasteiger partial charge >= 0.3 is 12.4 Å². The summed E-state index contributed by atoms with van der Waals surface area (Å²) in [4.78, 5) is 27.7. The van der Waals surface area contributed by atoms with Crippen molar-refractivity contribution in [2.24, 2.45) is 16.3 Å². The van der Waals surface area contributed by atoms with Crippen LogP contribution in [0.3, 0.4) is 0 Å². The third-order valence-electron chi connectivity index (χ3n) is 6.57. The Labute approximate surface area is 213 Å². The first kappa shape index (κ1) is 27.4. The van der Waals surface area contributed by atoms with E-state index < -0.39 is 53.2 Å². The van der Waals surface area contributed by atoms with E-state index in [0.717, 1.165) is 5.56 Å². The van der Waals surface area contributed by atoms with Crippen molar-refractivity contribution in [3.63, 3.8) is 0 Å². The summed E-state index contributed by atoms with van der Waals surface area (Å²) in [6, 6.07) is 8.58. The second-order valence-corrected chi connectivity index (χ2v) is 9.29. The highest BCUT2D eigenvalue weighted by molar-refractivity contribution is 6.13. The number of benzene rings is 2. The topological polar surface area (TPSA) is 88.2 Å². The average Bonchev–Trinajstić information content (AvgIpc) is 3.10. The normalized spacial score (nSPS) is 20.7. The molecule has 1 saturated heterocycles. The molecule has 0 radical (unpaired) electrons. The lowest BCUT2D eigenvalue weighted by Crippen LogP contribution is -2.58. The van der Waals surface area contributed by atoms with E-state index in [1.165, 1.54) is 17.0 Å². The highest BCUT2D eigenvalue weighted by Crippen LogP contribution is 2.39. The molecule has 1 unspecified atom stereocenters. The number of rotatable bonds is 6. The smallest absolute Gasteiger partial charge is 0.416 e. The maximum Gasteiger partial charge on any atom is 0.416 e. The van der Waals surface area contributed by atoms with Crippen LogP contribution in [0.4, 0.5) is 26.3 Å². The van der Waals surface area contributed by atoms with Crippen LogP contribution in [0.2, 0.25) is 0 Å². The zero-order valence-electron chi connectivity index (χ0n) is 20.1. The predicted octanol–water partition coefficient (Wildman–Crippen LogP) is 3.72. The Morgan fingerprint density at radius 3 is 2.26 bits per heavy atom. The fourth-order valence-corrected chi connectivity index (χ4v) is 4.72. The summed E-state index contributed by atoms with van der Waals surface area (Å²) in [5, 5.41) is 5.59. The molecule has 204 valence electrons. The second-order valence-electron chi connectivity index (χ2n) is 9.29. The Morgan fingerprint density at radius 1 is 1.08 bits per heavy atom. The van der Waals surface area contributed by atoms with Crippen LogP contribution in [0.1, 0.15) is 23.1 Å². The van der Waals surface area contributed by atoms with E-state index in [4.69, 9.17) is 10.5 Å². The van der Waals surface area contributed by atoms with Crippen LogP contribution in [-0.4, -0.2) is 60.2 Å². The number of alkyl halides is 6. The average molecular weight is 542 g/mol. The molecule has 38 heavy (non-hydrogen) atoms. The van der Waals surface area contributed by atoms with Gasteiger partial charge in [0.25, 0.3) is 5.91 Å². The summed E-state index contributed by atoms with van der Waals surface area (Å²) >= 11 is 0. The van der Waals surface area contributed by atoms with Crippen molar-refractivity contribution in [3.05, 3.63) is 65.2 Å². The van der Waals surface area contributed by atoms with Gasteiger partial charge in [0.1, 0.15) is 23.8 Å². The Morgan fingerprint density at radius 2 is 1.68 bits per heavy atom. The molecule has 7 nitrogen and oxygen atoms in total. The number of piperidine rings is 1. The number of hydrogen-bond donors (Lipinski definition) is 1. The van der Waals surface area contributed by atoms with Crippen molar-refractivity contribution in [3.8, 4) is 5.75 Å². The van der Waals surface area contributed by atoms with Crippen LogP contribution >= 0.6 is 0 Å². The number of carbonyl (C=O) groups excluding carboxylic acids is 2. The van der Waals surface area contributed by atoms with E-state index in [2.05, 4.69) is 5.10 Å². The number of nitrogens with zero attached hydrogens (tertiary/aromatic N) is 3. The van der Waals surface area contributed by atoms with Gasteiger partial charge in [0, 0.05) is 26.6 Å². The van der Waals surface area contributed by atoms with Crippen molar-refractivity contribution >= 4 is 17.5 Å². The first-order valence-corrected chi connectivity index (χ1v) is 11.6. The summed E-state index contributed by atoms with van der Waals surface area (Å²) in [5.41, 5.74) is 3.25. The molecule has 0 aliphatic carbocycles. The molecule has 2 aliphatic heterocycles. The van der Waals surface area contributed by atoms with Gasteiger partial charge in [0.15, 0.2) is 0 Å². The van der Waals surface area contributed by atoms with E-state index in [-0.39, 0.29) is 31.5 Å². The van der Waals surface area contributed by atoms with E-state index in [1.54, 1.807) is 0 Å². The van der Waals surface area contributed by atoms with Crippen LogP contribution in [0.5, 0.6) is 5.75 Å². The Hall–Kier alpha value is -3.61. The predicted molar refractivity (Wildman–Crippen MR) is 124 cm³/mol. The molecule has 2 N–H and O–H groups in total. The van der Waals surface area contributed by atoms with Crippen LogP contribution in [-0.2, 0) is 28.4 Å². The lowest BCUT2D eigenvalue weighted by atomic mass is 9.73. The highest BCUT2D eigenvalue weighted by atomic mass is 19.4. The first-order chi connectivity index (χ1) is 17.7. The largest absolute Gasteiger partial charge is 0.491 e. The molecule has 2 aromatic rings. The summed E-state index contributed by atoms with van der Waals surface area (Å²) in [6.45, 7) is -0.516. The minimum Gasteiger partial charge on any atom is -0.491 e. The van der Waals surface area contributed by atoms with Gasteiger partial charge in [-0.1, -0.05) is 30.3 Å². The van der Waals surface area contributed by atoms with E-state index in [1.807, 2.05) is 30.3 Å². The van der Waals surface area contributed by atoms with Gasteiger partial charge in [-0.2, -0.15) is 31.4 Å². The molecule has 2 aliphatic rings. The van der Waals surface area contributed by atoms with Gasteiger partial charge < -0.3 is 15.4 Å². The number of likely N-dealkylation sites (tertiary alicyclic amines) is 1. The van der Waals surface area contributed by atoms with Crippen LogP contribution < -0.4 is 10.5 Å². The van der Waals surface area contributed by atoms with Gasteiger partial charge in [-0.15, -0.1) is 0 Å². The molecule has 0 spiro atoms. The monoisotopic (exact) mass is 542 g/mol. The van der Waals surface area contributed by atoms with Crippen molar-refractivity contribution in [1.29, 1.82) is 0 Å².